The molecule has 3 rings (SSSR count). The number of phenolic OH excluding ortho intramolecular Hbond substituents is 1. The number of phenols is 1. The molecule has 0 spiro atoms. The van der Waals surface area contributed by atoms with E-state index in [0.717, 1.165) is 22.7 Å². The van der Waals surface area contributed by atoms with Crippen molar-refractivity contribution in [3.05, 3.63) is 57.7 Å². The van der Waals surface area contributed by atoms with Gasteiger partial charge in [0, 0.05) is 17.2 Å². The Hall–Kier alpha value is -1.60. The van der Waals surface area contributed by atoms with E-state index in [-0.39, 0.29) is 41.9 Å². The van der Waals surface area contributed by atoms with Crippen LogP contribution >= 0.6 is 35.5 Å². The summed E-state index contributed by atoms with van der Waals surface area (Å²) in [5, 5.41) is 9.93. The lowest BCUT2D eigenvalue weighted by molar-refractivity contribution is 0.126. The van der Waals surface area contributed by atoms with Gasteiger partial charge in [-0.25, -0.2) is 13.8 Å². The summed E-state index contributed by atoms with van der Waals surface area (Å²) < 4.78 is 32.9. The summed E-state index contributed by atoms with van der Waals surface area (Å²) in [6.45, 7) is 3.21. The Balaban J connectivity index is 0.00000408. The minimum absolute atomic E-state index is 0. The summed E-state index contributed by atoms with van der Waals surface area (Å²) in [7, 11) is -3.46. The number of benzene rings is 2. The maximum Gasteiger partial charge on any atom is 0.305 e. The Labute approximate surface area is 214 Å². The molecule has 34 heavy (non-hydrogen) atoms. The van der Waals surface area contributed by atoms with Gasteiger partial charge >= 0.3 is 4.87 Å². The number of hydrazine groups is 1. The third kappa shape index (κ3) is 8.26. The summed E-state index contributed by atoms with van der Waals surface area (Å²) in [4.78, 5) is 15.2. The molecule has 0 bridgehead atoms. The lowest BCUT2D eigenvalue weighted by Gasteiger charge is -2.23. The highest BCUT2D eigenvalue weighted by Gasteiger charge is 2.21. The highest BCUT2D eigenvalue weighted by molar-refractivity contribution is 7.99. The molecule has 12 heteroatoms. The normalized spacial score (nSPS) is 11.7. The van der Waals surface area contributed by atoms with E-state index in [1.807, 2.05) is 37.3 Å². The predicted octanol–water partition coefficient (Wildman–Crippen LogP) is 3.61. The molecule has 3 aromatic rings. The highest BCUT2D eigenvalue weighted by Crippen LogP contribution is 2.27. The predicted molar refractivity (Wildman–Crippen MR) is 142 cm³/mol. The first-order valence-electron chi connectivity index (χ1n) is 10.7. The standard InChI is InChI=1S/C22H29N3O5S3.ClH/c1-2-16-33(28,29)25(12-13-30-14-15-31-18-6-4-3-5-7-18)23-11-10-17-8-9-19(26)20-21(17)32-22(27)24-20;/h3-9,23,26H,2,10-16H2,1H3,(H,24,27);1H. The molecule has 0 saturated carbocycles. The SMILES string of the molecule is CCCS(=O)(=O)N(CCOCCSc1ccccc1)NCCc1ccc(O)c2[nH]c(=O)sc12.Cl. The number of sulfonamides is 1. The molecule has 0 saturated heterocycles. The summed E-state index contributed by atoms with van der Waals surface area (Å²) in [5.41, 5.74) is 4.29. The number of aromatic hydroxyl groups is 1. The first-order valence-corrected chi connectivity index (χ1v) is 14.1. The van der Waals surface area contributed by atoms with Gasteiger partial charge in [0.25, 0.3) is 0 Å². The van der Waals surface area contributed by atoms with Crippen molar-refractivity contribution in [2.45, 2.75) is 24.7 Å². The smallest absolute Gasteiger partial charge is 0.305 e. The van der Waals surface area contributed by atoms with Gasteiger partial charge in [0.05, 0.1) is 30.2 Å². The van der Waals surface area contributed by atoms with Crippen LogP contribution in [-0.2, 0) is 21.2 Å². The number of rotatable bonds is 14. The summed E-state index contributed by atoms with van der Waals surface area (Å²) >= 11 is 2.73. The molecule has 1 aromatic heterocycles. The number of fused-ring (bicyclic) bond motifs is 1. The number of thiazole rings is 1. The Morgan fingerprint density at radius 2 is 1.94 bits per heavy atom. The van der Waals surface area contributed by atoms with Gasteiger partial charge in [0.2, 0.25) is 10.0 Å². The third-order valence-electron chi connectivity index (χ3n) is 4.80. The molecule has 8 nitrogen and oxygen atoms in total. The highest BCUT2D eigenvalue weighted by atomic mass is 35.5. The minimum Gasteiger partial charge on any atom is -0.506 e. The molecule has 0 aliphatic rings. The van der Waals surface area contributed by atoms with E-state index in [1.54, 1.807) is 17.8 Å². The van der Waals surface area contributed by atoms with Gasteiger partial charge in [-0.2, -0.15) is 0 Å². The van der Waals surface area contributed by atoms with Gasteiger partial charge in [-0.1, -0.05) is 42.5 Å². The van der Waals surface area contributed by atoms with E-state index in [2.05, 4.69) is 10.4 Å². The van der Waals surface area contributed by atoms with Gasteiger partial charge in [0.1, 0.15) is 11.3 Å². The van der Waals surface area contributed by atoms with Crippen molar-refractivity contribution in [1.29, 1.82) is 0 Å². The van der Waals surface area contributed by atoms with Crippen molar-refractivity contribution >= 4 is 55.7 Å². The van der Waals surface area contributed by atoms with Crippen LogP contribution in [0.25, 0.3) is 10.2 Å². The van der Waals surface area contributed by atoms with Gasteiger partial charge in [0.15, 0.2) is 0 Å². The molecule has 2 aromatic carbocycles. The van der Waals surface area contributed by atoms with Gasteiger partial charge < -0.3 is 14.8 Å². The number of hydrogen-bond donors (Lipinski definition) is 3. The minimum atomic E-state index is -3.46. The van der Waals surface area contributed by atoms with Crippen molar-refractivity contribution in [3.8, 4) is 5.75 Å². The summed E-state index contributed by atoms with van der Waals surface area (Å²) in [6, 6.07) is 13.3. The fourth-order valence-corrected chi connectivity index (χ4v) is 6.32. The van der Waals surface area contributed by atoms with E-state index in [4.69, 9.17) is 4.74 Å². The lowest BCUT2D eigenvalue weighted by Crippen LogP contribution is -2.46. The lowest BCUT2D eigenvalue weighted by atomic mass is 10.1. The van der Waals surface area contributed by atoms with Crippen LogP contribution in [0, 0.1) is 0 Å². The Morgan fingerprint density at radius 3 is 2.68 bits per heavy atom. The van der Waals surface area contributed by atoms with Crippen LogP contribution in [0.4, 0.5) is 0 Å². The molecule has 1 heterocycles. The number of nitrogens with zero attached hydrogens (tertiary/aromatic N) is 1. The van der Waals surface area contributed by atoms with Crippen molar-refractivity contribution in [2.24, 2.45) is 0 Å². The van der Waals surface area contributed by atoms with E-state index in [9.17, 15) is 18.3 Å². The fraction of sp³-hybridized carbons (Fsp3) is 0.409. The topological polar surface area (TPSA) is 112 Å². The second-order valence-electron chi connectivity index (χ2n) is 7.28. The monoisotopic (exact) mass is 547 g/mol. The van der Waals surface area contributed by atoms with Gasteiger partial charge in [-0.15, -0.1) is 28.6 Å². The average molecular weight is 548 g/mol. The molecular weight excluding hydrogens is 518 g/mol. The van der Waals surface area contributed by atoms with E-state index < -0.39 is 10.0 Å². The zero-order valence-corrected chi connectivity index (χ0v) is 22.1. The van der Waals surface area contributed by atoms with Crippen LogP contribution in [0.15, 0.2) is 52.2 Å². The molecule has 0 amide bonds. The Morgan fingerprint density at radius 1 is 1.18 bits per heavy atom. The molecule has 188 valence electrons. The Kier molecular flexibility index (Phi) is 11.9. The first kappa shape index (κ1) is 28.6. The first-order chi connectivity index (χ1) is 15.9. The van der Waals surface area contributed by atoms with E-state index in [0.29, 0.717) is 36.2 Å². The molecule has 0 aliphatic heterocycles. The van der Waals surface area contributed by atoms with Crippen molar-refractivity contribution in [2.75, 3.05) is 37.8 Å². The molecule has 0 unspecified atom stereocenters. The number of hydrogen-bond acceptors (Lipinski definition) is 8. The van der Waals surface area contributed by atoms with Gasteiger partial charge in [-0.3, -0.25) is 4.79 Å². The van der Waals surface area contributed by atoms with E-state index >= 15 is 0 Å². The van der Waals surface area contributed by atoms with Crippen LogP contribution in [0.3, 0.4) is 0 Å². The number of ether oxygens (including phenoxy) is 1. The zero-order chi connectivity index (χ0) is 23.7. The summed E-state index contributed by atoms with van der Waals surface area (Å²) in [5.74, 6) is 0.859. The van der Waals surface area contributed by atoms with Crippen molar-refractivity contribution in [3.63, 3.8) is 0 Å². The molecular formula is C22H30ClN3O5S3. The second kappa shape index (κ2) is 14.1. The maximum atomic E-state index is 12.7. The molecule has 0 atom stereocenters. The van der Waals surface area contributed by atoms with Crippen molar-refractivity contribution < 1.29 is 18.3 Å². The molecule has 0 aliphatic carbocycles. The number of aromatic nitrogens is 1. The van der Waals surface area contributed by atoms with Crippen LogP contribution in [0.2, 0.25) is 0 Å². The second-order valence-corrected chi connectivity index (χ2v) is 11.4. The van der Waals surface area contributed by atoms with Crippen LogP contribution < -0.4 is 10.3 Å². The maximum absolute atomic E-state index is 12.7. The third-order valence-corrected chi connectivity index (χ3v) is 8.64. The van der Waals surface area contributed by atoms with Crippen LogP contribution in [0.5, 0.6) is 5.75 Å². The number of halogens is 1. The van der Waals surface area contributed by atoms with Gasteiger partial charge in [-0.05, 0) is 36.6 Å². The largest absolute Gasteiger partial charge is 0.506 e. The average Bonchev–Trinajstić information content (AvgIpc) is 3.19. The molecule has 0 radical (unpaired) electrons. The van der Waals surface area contributed by atoms with Crippen LogP contribution in [-0.4, -0.2) is 60.7 Å². The van der Waals surface area contributed by atoms with Crippen LogP contribution in [0.1, 0.15) is 18.9 Å². The van der Waals surface area contributed by atoms with E-state index in [1.165, 1.54) is 15.4 Å². The Bertz CT molecular complexity index is 1190. The summed E-state index contributed by atoms with van der Waals surface area (Å²) in [6.07, 6.45) is 1.02. The number of nitrogens with one attached hydrogen (secondary N) is 2. The number of aromatic amines is 1. The van der Waals surface area contributed by atoms with Crippen molar-refractivity contribution in [1.82, 2.24) is 14.8 Å². The number of thioether (sulfide) groups is 1. The molecule has 3 N–H and O–H groups in total. The zero-order valence-electron chi connectivity index (χ0n) is 18.9. The quantitative estimate of drug-likeness (QED) is 0.160. The fourth-order valence-electron chi connectivity index (χ4n) is 3.25. The number of H-pyrrole nitrogens is 1. The molecule has 0 fully saturated rings.